The van der Waals surface area contributed by atoms with Gasteiger partial charge < -0.3 is 15.4 Å². The molecule has 1 aromatic rings. The van der Waals surface area contributed by atoms with Crippen molar-refractivity contribution in [3.05, 3.63) is 23.8 Å². The van der Waals surface area contributed by atoms with E-state index in [1.54, 1.807) is 12.1 Å². The van der Waals surface area contributed by atoms with Crippen LogP contribution in [0.1, 0.15) is 5.56 Å². The first-order chi connectivity index (χ1) is 11.4. The van der Waals surface area contributed by atoms with Gasteiger partial charge in [-0.25, -0.2) is 0 Å². The zero-order valence-corrected chi connectivity index (χ0v) is 14.1. The number of carbonyl (C=O) groups excluding carboxylic acids is 4. The molecule has 128 valence electrons. The van der Waals surface area contributed by atoms with Crippen LogP contribution in [0.5, 0.6) is 5.75 Å². The molecule has 1 aromatic carbocycles. The van der Waals surface area contributed by atoms with Crippen molar-refractivity contribution in [1.29, 1.82) is 0 Å². The van der Waals surface area contributed by atoms with Crippen LogP contribution in [0.15, 0.2) is 18.2 Å². The van der Waals surface area contributed by atoms with Gasteiger partial charge >= 0.3 is 11.8 Å². The van der Waals surface area contributed by atoms with Crippen molar-refractivity contribution in [2.75, 3.05) is 31.3 Å². The van der Waals surface area contributed by atoms with Gasteiger partial charge in [-0.2, -0.15) is 0 Å². The standard InChI is InChI=1S/C15H17N3O5S/c1-9-3-4-11(23-2)10(7-9)17-14(21)13(20)16-5-6-18-12(19)8-24-15(18)22/h3-4,7H,5-6,8H2,1-2H3,(H,16,20)(H,17,21). The van der Waals surface area contributed by atoms with Gasteiger partial charge in [0.15, 0.2) is 0 Å². The van der Waals surface area contributed by atoms with Crippen molar-refractivity contribution >= 4 is 40.4 Å². The fourth-order valence-corrected chi connectivity index (χ4v) is 2.81. The van der Waals surface area contributed by atoms with Crippen LogP contribution in [0.2, 0.25) is 0 Å². The Balaban J connectivity index is 1.86. The maximum absolute atomic E-state index is 11.9. The van der Waals surface area contributed by atoms with Crippen LogP contribution in [0, 0.1) is 6.92 Å². The van der Waals surface area contributed by atoms with Crippen LogP contribution < -0.4 is 15.4 Å². The smallest absolute Gasteiger partial charge is 0.313 e. The van der Waals surface area contributed by atoms with Crippen molar-refractivity contribution in [1.82, 2.24) is 10.2 Å². The molecule has 0 unspecified atom stereocenters. The molecular weight excluding hydrogens is 334 g/mol. The molecule has 0 aromatic heterocycles. The number of nitrogens with zero attached hydrogens (tertiary/aromatic N) is 1. The van der Waals surface area contributed by atoms with Crippen molar-refractivity contribution in [2.24, 2.45) is 0 Å². The number of thioether (sulfide) groups is 1. The summed E-state index contributed by atoms with van der Waals surface area (Å²) in [6.07, 6.45) is 0. The van der Waals surface area contributed by atoms with Crippen LogP contribution in [0.25, 0.3) is 0 Å². The van der Waals surface area contributed by atoms with Crippen molar-refractivity contribution in [3.63, 3.8) is 0 Å². The number of anilines is 1. The van der Waals surface area contributed by atoms with E-state index in [4.69, 9.17) is 4.74 Å². The first kappa shape index (κ1) is 17.8. The molecule has 24 heavy (non-hydrogen) atoms. The quantitative estimate of drug-likeness (QED) is 0.759. The van der Waals surface area contributed by atoms with Gasteiger partial charge in [-0.3, -0.25) is 24.1 Å². The number of hydrogen-bond donors (Lipinski definition) is 2. The van der Waals surface area contributed by atoms with E-state index in [9.17, 15) is 19.2 Å². The van der Waals surface area contributed by atoms with E-state index in [1.807, 2.05) is 13.0 Å². The number of hydrogen-bond acceptors (Lipinski definition) is 6. The van der Waals surface area contributed by atoms with Gasteiger partial charge in [0, 0.05) is 13.1 Å². The topological polar surface area (TPSA) is 105 Å². The Morgan fingerprint density at radius 1 is 1.29 bits per heavy atom. The largest absolute Gasteiger partial charge is 0.495 e. The number of methoxy groups -OCH3 is 1. The average Bonchev–Trinajstić information content (AvgIpc) is 2.86. The molecule has 0 bridgehead atoms. The van der Waals surface area contributed by atoms with E-state index in [0.717, 1.165) is 22.2 Å². The SMILES string of the molecule is COc1ccc(C)cc1NC(=O)C(=O)NCCN1C(=O)CSC1=O. The lowest BCUT2D eigenvalue weighted by molar-refractivity contribution is -0.136. The highest BCUT2D eigenvalue weighted by Gasteiger charge is 2.29. The molecule has 2 N–H and O–H groups in total. The molecule has 0 aliphatic carbocycles. The first-order valence-corrected chi connectivity index (χ1v) is 8.12. The van der Waals surface area contributed by atoms with Gasteiger partial charge in [-0.15, -0.1) is 0 Å². The molecule has 1 fully saturated rings. The van der Waals surface area contributed by atoms with Crippen LogP contribution >= 0.6 is 11.8 Å². The molecule has 1 saturated heterocycles. The van der Waals surface area contributed by atoms with Gasteiger partial charge in [-0.05, 0) is 24.6 Å². The van der Waals surface area contributed by atoms with Crippen molar-refractivity contribution in [2.45, 2.75) is 6.92 Å². The summed E-state index contributed by atoms with van der Waals surface area (Å²) in [5, 5.41) is 4.50. The van der Waals surface area contributed by atoms with E-state index in [-0.39, 0.29) is 30.0 Å². The fourth-order valence-electron chi connectivity index (χ4n) is 2.06. The monoisotopic (exact) mass is 351 g/mol. The molecule has 1 heterocycles. The van der Waals surface area contributed by atoms with E-state index < -0.39 is 11.8 Å². The summed E-state index contributed by atoms with van der Waals surface area (Å²) in [4.78, 5) is 47.6. The Morgan fingerprint density at radius 3 is 2.67 bits per heavy atom. The van der Waals surface area contributed by atoms with Crippen LogP contribution in [0.3, 0.4) is 0 Å². The summed E-state index contributed by atoms with van der Waals surface area (Å²) in [5.74, 6) is -1.46. The predicted molar refractivity (Wildman–Crippen MR) is 88.9 cm³/mol. The fraction of sp³-hybridized carbons (Fsp3) is 0.333. The summed E-state index contributed by atoms with van der Waals surface area (Å²) in [7, 11) is 1.46. The minimum Gasteiger partial charge on any atom is -0.495 e. The second-order valence-corrected chi connectivity index (χ2v) is 5.94. The molecule has 0 radical (unpaired) electrons. The second kappa shape index (κ2) is 7.82. The number of nitrogens with one attached hydrogen (secondary N) is 2. The summed E-state index contributed by atoms with van der Waals surface area (Å²) >= 11 is 0.917. The number of benzene rings is 1. The highest BCUT2D eigenvalue weighted by Crippen LogP contribution is 2.25. The number of amides is 4. The number of imide groups is 1. The summed E-state index contributed by atoms with van der Waals surface area (Å²) in [6, 6.07) is 5.19. The number of ether oxygens (including phenoxy) is 1. The third-order valence-corrected chi connectivity index (χ3v) is 4.13. The van der Waals surface area contributed by atoms with E-state index in [2.05, 4.69) is 10.6 Å². The lowest BCUT2D eigenvalue weighted by Gasteiger charge is -2.13. The molecule has 1 aliphatic rings. The normalized spacial score (nSPS) is 13.8. The molecule has 0 atom stereocenters. The number of carbonyl (C=O) groups is 4. The number of aryl methyl sites for hydroxylation is 1. The molecule has 9 heteroatoms. The van der Waals surface area contributed by atoms with Gasteiger partial charge in [0.05, 0.1) is 18.6 Å². The first-order valence-electron chi connectivity index (χ1n) is 7.13. The molecular formula is C15H17N3O5S. The van der Waals surface area contributed by atoms with Crippen LogP contribution in [-0.4, -0.2) is 53.8 Å². The van der Waals surface area contributed by atoms with E-state index >= 15 is 0 Å². The molecule has 1 aliphatic heterocycles. The zero-order chi connectivity index (χ0) is 17.7. The Morgan fingerprint density at radius 2 is 2.04 bits per heavy atom. The van der Waals surface area contributed by atoms with Gasteiger partial charge in [0.1, 0.15) is 5.75 Å². The summed E-state index contributed by atoms with van der Waals surface area (Å²) < 4.78 is 5.12. The van der Waals surface area contributed by atoms with Gasteiger partial charge in [-0.1, -0.05) is 17.8 Å². The maximum atomic E-state index is 11.9. The Hall–Kier alpha value is -2.55. The second-order valence-electron chi connectivity index (χ2n) is 5.01. The third-order valence-electron chi connectivity index (χ3n) is 3.27. The average molecular weight is 351 g/mol. The van der Waals surface area contributed by atoms with Crippen molar-refractivity contribution in [3.8, 4) is 5.75 Å². The minimum atomic E-state index is -0.856. The summed E-state index contributed by atoms with van der Waals surface area (Å²) in [6.45, 7) is 1.89. The van der Waals surface area contributed by atoms with E-state index in [0.29, 0.717) is 11.4 Å². The zero-order valence-electron chi connectivity index (χ0n) is 13.3. The highest BCUT2D eigenvalue weighted by atomic mass is 32.2. The Kier molecular flexibility index (Phi) is 5.80. The molecule has 0 spiro atoms. The summed E-state index contributed by atoms with van der Waals surface area (Å²) in [5.41, 5.74) is 1.29. The minimum absolute atomic E-state index is 0.00917. The lowest BCUT2D eigenvalue weighted by atomic mass is 10.2. The molecule has 4 amide bonds. The van der Waals surface area contributed by atoms with Crippen LogP contribution in [-0.2, 0) is 14.4 Å². The number of rotatable bonds is 5. The van der Waals surface area contributed by atoms with Crippen LogP contribution in [0.4, 0.5) is 10.5 Å². The Bertz CT molecular complexity index is 676. The van der Waals surface area contributed by atoms with Gasteiger partial charge in [0.2, 0.25) is 5.91 Å². The van der Waals surface area contributed by atoms with Crippen molar-refractivity contribution < 1.29 is 23.9 Å². The third kappa shape index (κ3) is 4.25. The predicted octanol–water partition coefficient (Wildman–Crippen LogP) is 0.754. The maximum Gasteiger partial charge on any atom is 0.313 e. The highest BCUT2D eigenvalue weighted by molar-refractivity contribution is 8.14. The Labute approximate surface area is 142 Å². The van der Waals surface area contributed by atoms with E-state index in [1.165, 1.54) is 7.11 Å². The van der Waals surface area contributed by atoms with Gasteiger partial charge in [0.25, 0.3) is 5.24 Å². The molecule has 2 rings (SSSR count). The lowest BCUT2D eigenvalue weighted by Crippen LogP contribution is -2.41. The molecule has 8 nitrogen and oxygen atoms in total. The molecule has 0 saturated carbocycles.